The summed E-state index contributed by atoms with van der Waals surface area (Å²) in [5, 5.41) is 29.5. The fourth-order valence-electron chi connectivity index (χ4n) is 4.02. The maximum absolute atomic E-state index is 12.4. The van der Waals surface area contributed by atoms with E-state index in [1.54, 1.807) is 0 Å². The van der Waals surface area contributed by atoms with Gasteiger partial charge in [-0.1, -0.05) is 18.2 Å². The fraction of sp³-hybridized carbons (Fsp3) is 0.0833. The van der Waals surface area contributed by atoms with Gasteiger partial charge < -0.3 is 15.5 Å². The maximum Gasteiger partial charge on any atom is 0.296 e. The van der Waals surface area contributed by atoms with E-state index in [0.717, 1.165) is 30.3 Å². The van der Waals surface area contributed by atoms with Crippen molar-refractivity contribution in [3.8, 4) is 5.75 Å². The van der Waals surface area contributed by atoms with Crippen LogP contribution in [-0.2, 0) is 40.2 Å². The van der Waals surface area contributed by atoms with E-state index in [2.05, 4.69) is 15.5 Å². The molecule has 44 heavy (non-hydrogen) atoms. The van der Waals surface area contributed by atoms with E-state index in [-0.39, 0.29) is 27.0 Å². The molecule has 0 saturated carbocycles. The van der Waals surface area contributed by atoms with Crippen molar-refractivity contribution in [3.63, 3.8) is 0 Å². The predicted molar refractivity (Wildman–Crippen MR) is 155 cm³/mol. The molecule has 6 N–H and O–H groups in total. The zero-order chi connectivity index (χ0) is 32.7. The number of phenolic OH excluding ortho intramolecular Hbond substituents is 1. The quantitative estimate of drug-likeness (QED) is 0.103. The largest absolute Gasteiger partial charge is 0.505 e. The summed E-state index contributed by atoms with van der Waals surface area (Å²) < 4.78 is 126. The minimum atomic E-state index is -5.24. The Hall–Kier alpha value is -4.02. The molecule has 0 aliphatic heterocycles. The number of nitrogens with zero attached hydrogens (tertiary/aromatic N) is 2. The van der Waals surface area contributed by atoms with Crippen LogP contribution in [0.2, 0.25) is 0 Å². The van der Waals surface area contributed by atoms with Gasteiger partial charge in [0.05, 0.1) is 27.8 Å². The minimum absolute atomic E-state index is 0.00122. The van der Waals surface area contributed by atoms with E-state index in [4.69, 9.17) is 5.11 Å². The highest BCUT2D eigenvalue weighted by Crippen LogP contribution is 2.46. The monoisotopic (exact) mass is 687 g/mol. The van der Waals surface area contributed by atoms with Gasteiger partial charge >= 0.3 is 0 Å². The number of hydrogen-bond donors (Lipinski definition) is 6. The molecular weight excluding hydrogens is 667 g/mol. The van der Waals surface area contributed by atoms with Crippen molar-refractivity contribution in [1.82, 2.24) is 0 Å². The van der Waals surface area contributed by atoms with Crippen molar-refractivity contribution in [2.75, 3.05) is 17.7 Å². The molecule has 0 aliphatic rings. The molecule has 0 saturated heterocycles. The average molecular weight is 688 g/mol. The standard InChI is InChI=1S/C24H21N3O13S4/c28-8-9-41(30,31)16-5-3-4-15(12-16)25-19-13-17(42(32,33)34)10-14-11-21(44(38,39)40)23(24(29)22(14)19)27-26-18-6-1-2-7-20(18)43(35,36)37/h1-7,10-13,25,28-29H,8-9H2,(H,32,33,34)(H,35,36,37)(H,38,39,40). The fourth-order valence-corrected chi connectivity index (χ4v) is 6.92. The van der Waals surface area contributed by atoms with Gasteiger partial charge in [0.2, 0.25) is 0 Å². The molecular formula is C24H21N3O13S4. The number of hydrogen-bond acceptors (Lipinski definition) is 13. The van der Waals surface area contributed by atoms with E-state index in [0.29, 0.717) is 6.07 Å². The topological polar surface area (TPSA) is 274 Å². The number of rotatable bonds is 10. The number of sulfone groups is 1. The maximum atomic E-state index is 12.4. The van der Waals surface area contributed by atoms with Gasteiger partial charge in [-0.05, 0) is 53.9 Å². The number of aliphatic hydroxyl groups is 1. The number of fused-ring (bicyclic) bond motifs is 1. The average Bonchev–Trinajstić information content (AvgIpc) is 2.91. The van der Waals surface area contributed by atoms with Gasteiger partial charge in [0, 0.05) is 11.1 Å². The molecule has 0 aliphatic carbocycles. The summed E-state index contributed by atoms with van der Waals surface area (Å²) in [6, 6.07) is 11.9. The van der Waals surface area contributed by atoms with Gasteiger partial charge in [-0.3, -0.25) is 13.7 Å². The van der Waals surface area contributed by atoms with E-state index in [9.17, 15) is 52.4 Å². The lowest BCUT2D eigenvalue weighted by Gasteiger charge is -2.16. The third-order valence-corrected chi connectivity index (χ3v) is 10.2. The van der Waals surface area contributed by atoms with Crippen LogP contribution in [0.1, 0.15) is 0 Å². The molecule has 0 atom stereocenters. The summed E-state index contributed by atoms with van der Waals surface area (Å²) in [5.41, 5.74) is -1.76. The summed E-state index contributed by atoms with van der Waals surface area (Å²) in [5.74, 6) is -1.64. The molecule has 0 spiro atoms. The number of azo groups is 1. The molecule has 234 valence electrons. The number of phenols is 1. The van der Waals surface area contributed by atoms with Gasteiger partial charge in [-0.15, -0.1) is 10.2 Å². The lowest BCUT2D eigenvalue weighted by atomic mass is 10.1. The molecule has 4 aromatic carbocycles. The SMILES string of the molecule is O=S(=O)(O)c1cc(Nc2cccc(S(=O)(=O)CCO)c2)c2c(O)c(N=Nc3ccccc3S(=O)(=O)O)c(S(=O)(=O)O)cc2c1. The molecule has 0 unspecified atom stereocenters. The lowest BCUT2D eigenvalue weighted by molar-refractivity contribution is 0.319. The summed E-state index contributed by atoms with van der Waals surface area (Å²) in [4.78, 5) is -2.87. The Bertz CT molecular complexity index is 2270. The first-order valence-electron chi connectivity index (χ1n) is 11.8. The van der Waals surface area contributed by atoms with Crippen LogP contribution in [0, 0.1) is 0 Å². The summed E-state index contributed by atoms with van der Waals surface area (Å²) >= 11 is 0. The van der Waals surface area contributed by atoms with Crippen molar-refractivity contribution in [2.45, 2.75) is 19.6 Å². The third kappa shape index (κ3) is 7.03. The second-order valence-electron chi connectivity index (χ2n) is 8.93. The Morgan fingerprint density at radius 1 is 0.682 bits per heavy atom. The summed E-state index contributed by atoms with van der Waals surface area (Å²) in [7, 11) is -19.0. The van der Waals surface area contributed by atoms with E-state index in [1.807, 2.05) is 0 Å². The molecule has 20 heteroatoms. The van der Waals surface area contributed by atoms with Crippen molar-refractivity contribution in [1.29, 1.82) is 0 Å². The molecule has 4 rings (SSSR count). The van der Waals surface area contributed by atoms with Crippen LogP contribution in [0.25, 0.3) is 10.8 Å². The van der Waals surface area contributed by atoms with Gasteiger partial charge in [0.15, 0.2) is 15.6 Å². The van der Waals surface area contributed by atoms with E-state index in [1.165, 1.54) is 30.3 Å². The minimum Gasteiger partial charge on any atom is -0.505 e. The zero-order valence-corrected chi connectivity index (χ0v) is 25.1. The Kier molecular flexibility index (Phi) is 8.83. The lowest BCUT2D eigenvalue weighted by Crippen LogP contribution is -2.10. The van der Waals surface area contributed by atoms with Crippen LogP contribution in [0.15, 0.2) is 96.5 Å². The molecule has 4 aromatic rings. The van der Waals surface area contributed by atoms with Gasteiger partial charge in [0.25, 0.3) is 30.4 Å². The van der Waals surface area contributed by atoms with Gasteiger partial charge in [0.1, 0.15) is 21.2 Å². The molecule has 0 amide bonds. The Balaban J connectivity index is 2.03. The molecule has 0 heterocycles. The Morgan fingerprint density at radius 2 is 1.34 bits per heavy atom. The molecule has 16 nitrogen and oxygen atoms in total. The van der Waals surface area contributed by atoms with Crippen LogP contribution >= 0.6 is 0 Å². The van der Waals surface area contributed by atoms with Crippen molar-refractivity contribution in [2.24, 2.45) is 10.2 Å². The first-order chi connectivity index (χ1) is 20.3. The molecule has 0 aromatic heterocycles. The smallest absolute Gasteiger partial charge is 0.296 e. The third-order valence-electron chi connectivity index (χ3n) is 5.93. The molecule has 0 bridgehead atoms. The van der Waals surface area contributed by atoms with Crippen molar-refractivity contribution in [3.05, 3.63) is 66.7 Å². The number of benzene rings is 4. The Morgan fingerprint density at radius 3 is 1.95 bits per heavy atom. The number of aliphatic hydroxyl groups excluding tert-OH is 1. The highest BCUT2D eigenvalue weighted by molar-refractivity contribution is 7.91. The summed E-state index contributed by atoms with van der Waals surface area (Å²) in [6.45, 7) is -0.670. The molecule has 0 radical (unpaired) electrons. The molecule has 0 fully saturated rings. The second-order valence-corrected chi connectivity index (χ2v) is 15.2. The van der Waals surface area contributed by atoms with Crippen LogP contribution in [0.3, 0.4) is 0 Å². The van der Waals surface area contributed by atoms with Crippen molar-refractivity contribution >= 4 is 73.7 Å². The van der Waals surface area contributed by atoms with Crippen LogP contribution in [-0.4, -0.2) is 69.9 Å². The number of nitrogens with one attached hydrogen (secondary N) is 1. The predicted octanol–water partition coefficient (Wildman–Crippen LogP) is 3.21. The normalized spacial score (nSPS) is 13.0. The van der Waals surface area contributed by atoms with Crippen LogP contribution in [0.5, 0.6) is 5.75 Å². The summed E-state index contributed by atoms with van der Waals surface area (Å²) in [6.07, 6.45) is 0. The zero-order valence-electron chi connectivity index (χ0n) is 21.8. The highest BCUT2D eigenvalue weighted by atomic mass is 32.2. The van der Waals surface area contributed by atoms with E-state index >= 15 is 0 Å². The van der Waals surface area contributed by atoms with Crippen LogP contribution < -0.4 is 5.32 Å². The van der Waals surface area contributed by atoms with Crippen molar-refractivity contribution < 1.29 is 57.5 Å². The van der Waals surface area contributed by atoms with Gasteiger partial charge in [-0.25, -0.2) is 8.42 Å². The number of aromatic hydroxyl groups is 1. The second kappa shape index (κ2) is 11.8. The first kappa shape index (κ1) is 32.9. The van der Waals surface area contributed by atoms with E-state index < -0.39 is 84.4 Å². The van der Waals surface area contributed by atoms with Crippen LogP contribution in [0.4, 0.5) is 22.7 Å². The number of anilines is 2. The van der Waals surface area contributed by atoms with Gasteiger partial charge in [-0.2, -0.15) is 25.3 Å². The first-order valence-corrected chi connectivity index (χ1v) is 17.8. The highest BCUT2D eigenvalue weighted by Gasteiger charge is 2.26. The Labute approximate surface area is 250 Å².